The van der Waals surface area contributed by atoms with Crippen LogP contribution in [0.2, 0.25) is 5.02 Å². The molecule has 0 saturated heterocycles. The van der Waals surface area contributed by atoms with Crippen LogP contribution in [-0.4, -0.2) is 21.7 Å². The summed E-state index contributed by atoms with van der Waals surface area (Å²) in [5.74, 6) is -0.254. The van der Waals surface area contributed by atoms with Crippen LogP contribution in [0.4, 0.5) is 5.69 Å². The molecule has 0 fully saturated rings. The first-order valence-electron chi connectivity index (χ1n) is 9.36. The van der Waals surface area contributed by atoms with E-state index in [1.807, 2.05) is 24.1 Å². The average Bonchev–Trinajstić information content (AvgIpc) is 2.89. The van der Waals surface area contributed by atoms with Crippen molar-refractivity contribution in [3.8, 4) is 11.6 Å². The van der Waals surface area contributed by atoms with Gasteiger partial charge in [-0.05, 0) is 62.0 Å². The van der Waals surface area contributed by atoms with E-state index < -0.39 is 5.56 Å². The lowest BCUT2D eigenvalue weighted by molar-refractivity contribution is 0.432. The molecule has 2 heterocycles. The lowest BCUT2D eigenvalue weighted by atomic mass is 9.84. The monoisotopic (exact) mass is 437 g/mol. The van der Waals surface area contributed by atoms with Gasteiger partial charge >= 0.3 is 0 Å². The molecule has 0 radical (unpaired) electrons. The molecule has 0 unspecified atom stereocenters. The smallest absolute Gasteiger partial charge is 0.263 e. The maximum atomic E-state index is 12.6. The lowest BCUT2D eigenvalue weighted by Gasteiger charge is -2.21. The van der Waals surface area contributed by atoms with E-state index in [2.05, 4.69) is 36.7 Å². The van der Waals surface area contributed by atoms with E-state index in [9.17, 15) is 9.90 Å². The highest BCUT2D eigenvalue weighted by atomic mass is 35.5. The van der Waals surface area contributed by atoms with E-state index in [-0.39, 0.29) is 21.6 Å². The van der Waals surface area contributed by atoms with E-state index in [1.54, 1.807) is 24.3 Å². The van der Waals surface area contributed by atoms with Gasteiger partial charge in [0.1, 0.15) is 5.56 Å². The molecule has 2 N–H and O–H groups in total. The highest BCUT2D eigenvalue weighted by Gasteiger charge is 2.38. The first-order chi connectivity index (χ1) is 14.2. The number of hydrogen-bond donors (Lipinski definition) is 2. The largest absolute Gasteiger partial charge is 0.494 e. The van der Waals surface area contributed by atoms with Crippen molar-refractivity contribution in [3.05, 3.63) is 91.2 Å². The summed E-state index contributed by atoms with van der Waals surface area (Å²) in [7, 11) is 1.97. The van der Waals surface area contributed by atoms with Crippen LogP contribution in [0, 0.1) is 4.77 Å². The molecule has 1 aliphatic rings. The number of aromatic nitrogens is 2. The Morgan fingerprint density at radius 3 is 2.50 bits per heavy atom. The van der Waals surface area contributed by atoms with Crippen molar-refractivity contribution in [1.29, 1.82) is 0 Å². The summed E-state index contributed by atoms with van der Waals surface area (Å²) in [5.41, 5.74) is 6.29. The molecule has 0 amide bonds. The van der Waals surface area contributed by atoms with Crippen LogP contribution in [0.3, 0.4) is 0 Å². The van der Waals surface area contributed by atoms with E-state index in [0.717, 1.165) is 11.4 Å². The zero-order chi connectivity index (χ0) is 21.6. The van der Waals surface area contributed by atoms with Gasteiger partial charge in [0.25, 0.3) is 5.56 Å². The fraction of sp³-hybridized carbons (Fsp3) is 0.174. The number of nitrogens with one attached hydrogen (secondary N) is 1. The van der Waals surface area contributed by atoms with Crippen LogP contribution in [0.5, 0.6) is 5.88 Å². The molecule has 1 aliphatic heterocycles. The van der Waals surface area contributed by atoms with Crippen molar-refractivity contribution < 1.29 is 5.11 Å². The summed E-state index contributed by atoms with van der Waals surface area (Å²) >= 11 is 11.2. The molecule has 152 valence electrons. The summed E-state index contributed by atoms with van der Waals surface area (Å²) in [5, 5.41) is 11.4. The molecule has 0 bridgehead atoms. The molecule has 0 aliphatic carbocycles. The molecular formula is C23H20ClN3O2S. The Morgan fingerprint density at radius 1 is 1.17 bits per heavy atom. The summed E-state index contributed by atoms with van der Waals surface area (Å²) in [6, 6.07) is 14.9. The quantitative estimate of drug-likeness (QED) is 0.428. The van der Waals surface area contributed by atoms with E-state index in [0.29, 0.717) is 10.7 Å². The first-order valence-corrected chi connectivity index (χ1v) is 10.1. The number of halogens is 1. The Bertz CT molecular complexity index is 1330. The van der Waals surface area contributed by atoms with E-state index in [4.69, 9.17) is 23.8 Å². The summed E-state index contributed by atoms with van der Waals surface area (Å²) in [6.07, 6.45) is 1.51. The van der Waals surface area contributed by atoms with Gasteiger partial charge in [-0.1, -0.05) is 35.5 Å². The lowest BCUT2D eigenvalue weighted by Crippen LogP contribution is -2.22. The van der Waals surface area contributed by atoms with Crippen LogP contribution in [-0.2, 0) is 5.41 Å². The van der Waals surface area contributed by atoms with Crippen LogP contribution >= 0.6 is 23.8 Å². The third kappa shape index (κ3) is 3.19. The predicted molar refractivity (Wildman–Crippen MR) is 123 cm³/mol. The molecular weight excluding hydrogens is 418 g/mol. The highest BCUT2D eigenvalue weighted by Crippen LogP contribution is 2.46. The van der Waals surface area contributed by atoms with Crippen molar-refractivity contribution in [2.45, 2.75) is 19.3 Å². The fourth-order valence-corrected chi connectivity index (χ4v) is 4.29. The molecule has 30 heavy (non-hydrogen) atoms. The van der Waals surface area contributed by atoms with E-state index >= 15 is 0 Å². The Labute approximate surface area is 184 Å². The molecule has 5 nitrogen and oxygen atoms in total. The van der Waals surface area contributed by atoms with Crippen LogP contribution in [0.25, 0.3) is 11.8 Å². The molecule has 4 rings (SSSR count). The predicted octanol–water partition coefficient (Wildman–Crippen LogP) is 5.18. The molecule has 0 atom stereocenters. The Morgan fingerprint density at radius 2 is 1.83 bits per heavy atom. The molecule has 7 heteroatoms. The number of aromatic hydroxyl groups is 1. The SMILES string of the molecule is CN1C(=C=Cc2c(O)n(-c3ccc(Cl)cc3)c(=S)[nH]c2=O)C(C)(C)c2ccccc21. The van der Waals surface area contributed by atoms with Gasteiger partial charge in [0, 0.05) is 29.2 Å². The molecule has 2 aromatic carbocycles. The minimum atomic E-state index is -0.480. The number of H-pyrrole nitrogens is 1. The van der Waals surface area contributed by atoms with Gasteiger partial charge in [-0.25, -0.2) is 0 Å². The topological polar surface area (TPSA) is 61.3 Å². The highest BCUT2D eigenvalue weighted by molar-refractivity contribution is 7.71. The average molecular weight is 438 g/mol. The van der Waals surface area contributed by atoms with Gasteiger partial charge in [-0.2, -0.15) is 0 Å². The minimum absolute atomic E-state index is 0.0752. The number of benzene rings is 2. The first kappa shape index (κ1) is 20.2. The number of hydrogen-bond acceptors (Lipinski definition) is 4. The van der Waals surface area contributed by atoms with Gasteiger partial charge < -0.3 is 10.0 Å². The molecule has 0 saturated carbocycles. The number of aromatic amines is 1. The standard InChI is InChI=1S/C23H20ClN3O2S/c1-23(2)17-6-4-5-7-18(17)26(3)19(23)13-12-16-20(28)25-22(30)27(21(16)29)15-10-8-14(24)9-11-15/h4-12,29H,1-3H3,(H,25,28,30). The summed E-state index contributed by atoms with van der Waals surface area (Å²) in [4.78, 5) is 17.2. The third-order valence-electron chi connectivity index (χ3n) is 5.43. The zero-order valence-electron chi connectivity index (χ0n) is 16.7. The van der Waals surface area contributed by atoms with E-state index in [1.165, 1.54) is 16.2 Å². The van der Waals surface area contributed by atoms with Crippen molar-refractivity contribution in [2.24, 2.45) is 0 Å². The second kappa shape index (κ2) is 7.33. The van der Waals surface area contributed by atoms with Gasteiger partial charge in [0.15, 0.2) is 4.77 Å². The van der Waals surface area contributed by atoms with Crippen LogP contribution in [0.15, 0.2) is 64.8 Å². The van der Waals surface area contributed by atoms with Crippen molar-refractivity contribution in [3.63, 3.8) is 0 Å². The summed E-state index contributed by atoms with van der Waals surface area (Å²) in [6.45, 7) is 4.21. The Kier molecular flexibility index (Phi) is 4.94. The molecule has 1 aromatic heterocycles. The van der Waals surface area contributed by atoms with Crippen molar-refractivity contribution >= 4 is 35.6 Å². The normalized spacial score (nSPS) is 14.4. The van der Waals surface area contributed by atoms with Crippen LogP contribution in [0.1, 0.15) is 25.0 Å². The van der Waals surface area contributed by atoms with Gasteiger partial charge in [0.05, 0.1) is 11.4 Å². The minimum Gasteiger partial charge on any atom is -0.494 e. The third-order valence-corrected chi connectivity index (χ3v) is 5.96. The van der Waals surface area contributed by atoms with Gasteiger partial charge in [-0.3, -0.25) is 14.3 Å². The van der Waals surface area contributed by atoms with Gasteiger partial charge in [0.2, 0.25) is 5.88 Å². The second-order valence-electron chi connectivity index (χ2n) is 7.65. The summed E-state index contributed by atoms with van der Waals surface area (Å²) < 4.78 is 1.49. The molecule has 0 spiro atoms. The van der Waals surface area contributed by atoms with Crippen molar-refractivity contribution in [2.75, 3.05) is 11.9 Å². The van der Waals surface area contributed by atoms with Crippen molar-refractivity contribution in [1.82, 2.24) is 9.55 Å². The number of para-hydroxylation sites is 1. The fourth-order valence-electron chi connectivity index (χ4n) is 3.88. The van der Waals surface area contributed by atoms with Gasteiger partial charge in [-0.15, -0.1) is 0 Å². The Balaban J connectivity index is 1.90. The Hall–Kier alpha value is -3.05. The number of fused-ring (bicyclic) bond motifs is 1. The second-order valence-corrected chi connectivity index (χ2v) is 8.47. The number of anilines is 1. The number of likely N-dealkylation sites (N-methyl/N-ethyl adjacent to an activating group) is 1. The number of rotatable bonds is 2. The number of allylic oxidation sites excluding steroid dienone is 1. The maximum absolute atomic E-state index is 12.6. The van der Waals surface area contributed by atoms with Crippen LogP contribution < -0.4 is 10.5 Å². The maximum Gasteiger partial charge on any atom is 0.263 e. The number of nitrogens with zero attached hydrogens (tertiary/aromatic N) is 2. The molecule has 3 aromatic rings. The zero-order valence-corrected chi connectivity index (χ0v) is 18.3.